The van der Waals surface area contributed by atoms with Crippen molar-refractivity contribution in [1.82, 2.24) is 10.2 Å². The van der Waals surface area contributed by atoms with Crippen molar-refractivity contribution in [2.75, 3.05) is 27.2 Å². The van der Waals surface area contributed by atoms with Gasteiger partial charge in [0.25, 0.3) is 5.91 Å². The summed E-state index contributed by atoms with van der Waals surface area (Å²) in [6.45, 7) is 2.48. The van der Waals surface area contributed by atoms with Gasteiger partial charge in [-0.2, -0.15) is 0 Å². The van der Waals surface area contributed by atoms with E-state index in [1.807, 2.05) is 21.0 Å². The van der Waals surface area contributed by atoms with Gasteiger partial charge in [0.2, 0.25) is 5.91 Å². The first-order valence-electron chi connectivity index (χ1n) is 8.85. The van der Waals surface area contributed by atoms with Crippen LogP contribution < -0.4 is 15.8 Å². The fourth-order valence-electron chi connectivity index (χ4n) is 2.70. The Kier molecular flexibility index (Phi) is 7.37. The van der Waals surface area contributed by atoms with Crippen LogP contribution in [0.1, 0.15) is 22.7 Å². The molecule has 0 radical (unpaired) electrons. The largest absolute Gasteiger partial charge is 0.484 e. The van der Waals surface area contributed by atoms with E-state index in [2.05, 4.69) is 34.5 Å². The number of nitrogens with one attached hydrogen (secondary N) is 1. The van der Waals surface area contributed by atoms with Crippen LogP contribution in [0.25, 0.3) is 0 Å². The number of hydrogen-bond acceptors (Lipinski definition) is 4. The van der Waals surface area contributed by atoms with E-state index in [0.29, 0.717) is 12.3 Å². The van der Waals surface area contributed by atoms with Crippen molar-refractivity contribution in [2.24, 2.45) is 5.73 Å². The lowest BCUT2D eigenvalue weighted by molar-refractivity contribution is -0.123. The molecule has 2 aromatic rings. The predicted octanol–water partition coefficient (Wildman–Crippen LogP) is 1.82. The van der Waals surface area contributed by atoms with Crippen molar-refractivity contribution in [1.29, 1.82) is 0 Å². The molecule has 2 amide bonds. The summed E-state index contributed by atoms with van der Waals surface area (Å²) >= 11 is 0. The van der Waals surface area contributed by atoms with Crippen molar-refractivity contribution >= 4 is 11.8 Å². The van der Waals surface area contributed by atoms with Crippen molar-refractivity contribution in [3.63, 3.8) is 0 Å². The summed E-state index contributed by atoms with van der Waals surface area (Å²) in [4.78, 5) is 25.1. The van der Waals surface area contributed by atoms with E-state index >= 15 is 0 Å². The van der Waals surface area contributed by atoms with Gasteiger partial charge in [-0.15, -0.1) is 0 Å². The minimum Gasteiger partial charge on any atom is -0.484 e. The van der Waals surface area contributed by atoms with Gasteiger partial charge in [-0.25, -0.2) is 0 Å². The number of likely N-dealkylation sites (N-methyl/N-ethyl adjacent to an activating group) is 1. The third-order valence-electron chi connectivity index (χ3n) is 4.25. The smallest absolute Gasteiger partial charge is 0.258 e. The Morgan fingerprint density at radius 2 is 1.70 bits per heavy atom. The molecule has 0 heterocycles. The number of rotatable bonds is 9. The van der Waals surface area contributed by atoms with Gasteiger partial charge in [0.05, 0.1) is 12.5 Å². The van der Waals surface area contributed by atoms with Gasteiger partial charge in [0, 0.05) is 6.54 Å². The zero-order chi connectivity index (χ0) is 19.8. The molecule has 2 aromatic carbocycles. The number of benzene rings is 2. The minimum atomic E-state index is -0.382. The lowest BCUT2D eigenvalue weighted by atomic mass is 10.0. The molecule has 1 atom stereocenters. The maximum atomic E-state index is 12.1. The number of aryl methyl sites for hydroxylation is 1. The fourth-order valence-corrected chi connectivity index (χ4v) is 2.70. The molecule has 0 fully saturated rings. The van der Waals surface area contributed by atoms with Crippen LogP contribution in [0.4, 0.5) is 0 Å². The summed E-state index contributed by atoms with van der Waals surface area (Å²) in [6, 6.07) is 15.3. The quantitative estimate of drug-likeness (QED) is 0.706. The third-order valence-corrected chi connectivity index (χ3v) is 4.25. The Hall–Kier alpha value is -2.86. The second-order valence-corrected chi connectivity index (χ2v) is 6.77. The SMILES string of the molecule is Cc1ccc(C(CNC(=O)COc2ccc(CC(N)=O)cc2)N(C)C)cc1. The number of nitrogens with zero attached hydrogens (tertiary/aromatic N) is 1. The maximum Gasteiger partial charge on any atom is 0.258 e. The molecule has 0 aromatic heterocycles. The summed E-state index contributed by atoms with van der Waals surface area (Å²) in [6.07, 6.45) is 0.186. The molecular formula is C21H27N3O3. The summed E-state index contributed by atoms with van der Waals surface area (Å²) in [7, 11) is 3.97. The average molecular weight is 369 g/mol. The average Bonchev–Trinajstić information content (AvgIpc) is 2.62. The zero-order valence-electron chi connectivity index (χ0n) is 16.1. The van der Waals surface area contributed by atoms with Crippen molar-refractivity contribution in [3.8, 4) is 5.75 Å². The number of carbonyl (C=O) groups excluding carboxylic acids is 2. The Balaban J connectivity index is 1.83. The van der Waals surface area contributed by atoms with E-state index in [9.17, 15) is 9.59 Å². The third kappa shape index (κ3) is 6.75. The number of hydrogen-bond donors (Lipinski definition) is 2. The van der Waals surface area contributed by atoms with Crippen molar-refractivity contribution < 1.29 is 14.3 Å². The molecule has 6 heteroatoms. The first kappa shape index (κ1) is 20.5. The normalized spacial score (nSPS) is 11.9. The van der Waals surface area contributed by atoms with Gasteiger partial charge in [-0.3, -0.25) is 9.59 Å². The Labute approximate surface area is 160 Å². The molecule has 1 unspecified atom stereocenters. The van der Waals surface area contributed by atoms with Crippen LogP contribution in [0.15, 0.2) is 48.5 Å². The van der Waals surface area contributed by atoms with Crippen LogP contribution in [-0.4, -0.2) is 44.0 Å². The molecule has 27 heavy (non-hydrogen) atoms. The van der Waals surface area contributed by atoms with Crippen LogP contribution in [0.2, 0.25) is 0 Å². The second kappa shape index (κ2) is 9.73. The molecule has 0 aliphatic carbocycles. The van der Waals surface area contributed by atoms with Gasteiger partial charge in [0.15, 0.2) is 6.61 Å². The highest BCUT2D eigenvalue weighted by atomic mass is 16.5. The highest BCUT2D eigenvalue weighted by Crippen LogP contribution is 2.18. The lowest BCUT2D eigenvalue weighted by Crippen LogP contribution is -2.36. The Bertz CT molecular complexity index is 755. The second-order valence-electron chi connectivity index (χ2n) is 6.77. The molecular weight excluding hydrogens is 342 g/mol. The number of primary amides is 1. The van der Waals surface area contributed by atoms with E-state index in [1.165, 1.54) is 5.56 Å². The van der Waals surface area contributed by atoms with Crippen LogP contribution in [0.3, 0.4) is 0 Å². The molecule has 2 rings (SSSR count). The number of nitrogens with two attached hydrogens (primary N) is 1. The van der Waals surface area contributed by atoms with Crippen LogP contribution in [-0.2, 0) is 16.0 Å². The van der Waals surface area contributed by atoms with E-state index < -0.39 is 0 Å². The van der Waals surface area contributed by atoms with Gasteiger partial charge in [-0.05, 0) is 44.3 Å². The van der Waals surface area contributed by atoms with Crippen LogP contribution in [0, 0.1) is 6.92 Å². The van der Waals surface area contributed by atoms with Gasteiger partial charge in [0.1, 0.15) is 5.75 Å². The molecule has 0 saturated heterocycles. The van der Waals surface area contributed by atoms with E-state index in [-0.39, 0.29) is 30.9 Å². The van der Waals surface area contributed by atoms with Gasteiger partial charge < -0.3 is 20.7 Å². The predicted molar refractivity (Wildman–Crippen MR) is 105 cm³/mol. The topological polar surface area (TPSA) is 84.7 Å². The first-order valence-corrected chi connectivity index (χ1v) is 8.85. The van der Waals surface area contributed by atoms with E-state index in [1.54, 1.807) is 24.3 Å². The highest BCUT2D eigenvalue weighted by Gasteiger charge is 2.15. The van der Waals surface area contributed by atoms with Crippen LogP contribution in [0.5, 0.6) is 5.75 Å². The Morgan fingerprint density at radius 3 is 2.26 bits per heavy atom. The number of carbonyl (C=O) groups is 2. The molecule has 3 N–H and O–H groups in total. The number of amides is 2. The molecule has 0 spiro atoms. The number of ether oxygens (including phenoxy) is 1. The molecule has 144 valence electrons. The summed E-state index contributed by atoms with van der Waals surface area (Å²) in [5.41, 5.74) is 8.33. The molecule has 0 aliphatic rings. The summed E-state index contributed by atoms with van der Waals surface area (Å²) in [5.74, 6) is 0.00306. The molecule has 6 nitrogen and oxygen atoms in total. The van der Waals surface area contributed by atoms with Crippen molar-refractivity contribution in [3.05, 3.63) is 65.2 Å². The van der Waals surface area contributed by atoms with Crippen molar-refractivity contribution in [2.45, 2.75) is 19.4 Å². The van der Waals surface area contributed by atoms with E-state index in [4.69, 9.17) is 10.5 Å². The zero-order valence-corrected chi connectivity index (χ0v) is 16.1. The van der Waals surface area contributed by atoms with E-state index in [0.717, 1.165) is 11.1 Å². The summed E-state index contributed by atoms with van der Waals surface area (Å²) < 4.78 is 5.50. The summed E-state index contributed by atoms with van der Waals surface area (Å²) in [5, 5.41) is 2.92. The molecule has 0 saturated carbocycles. The fraction of sp³-hybridized carbons (Fsp3) is 0.333. The lowest BCUT2D eigenvalue weighted by Gasteiger charge is -2.25. The van der Waals surface area contributed by atoms with Crippen LogP contribution >= 0.6 is 0 Å². The molecule has 0 bridgehead atoms. The van der Waals surface area contributed by atoms with Gasteiger partial charge >= 0.3 is 0 Å². The Morgan fingerprint density at radius 1 is 1.07 bits per heavy atom. The monoisotopic (exact) mass is 369 g/mol. The standard InChI is InChI=1S/C21H27N3O3/c1-15-4-8-17(9-5-15)19(24(2)3)13-23-21(26)14-27-18-10-6-16(7-11-18)12-20(22)25/h4-11,19H,12-14H2,1-3H3,(H2,22,25)(H,23,26). The first-order chi connectivity index (χ1) is 12.8. The van der Waals surface area contributed by atoms with Gasteiger partial charge in [-0.1, -0.05) is 42.0 Å². The molecule has 0 aliphatic heterocycles. The highest BCUT2D eigenvalue weighted by molar-refractivity contribution is 5.77. The maximum absolute atomic E-state index is 12.1. The minimum absolute atomic E-state index is 0.0663.